The van der Waals surface area contributed by atoms with Gasteiger partial charge in [0.25, 0.3) is 0 Å². The van der Waals surface area contributed by atoms with Crippen LogP contribution in [0.25, 0.3) is 21.5 Å². The zero-order valence-electron chi connectivity index (χ0n) is 31.7. The molecule has 314 valence electrons. The van der Waals surface area contributed by atoms with E-state index in [9.17, 15) is 13.2 Å². The van der Waals surface area contributed by atoms with Gasteiger partial charge in [0.15, 0.2) is 21.8 Å². The molecule has 2 fully saturated rings. The van der Waals surface area contributed by atoms with Crippen LogP contribution in [0.4, 0.5) is 19.0 Å². The number of hydrogen-bond acceptors (Lipinski definition) is 8. The van der Waals surface area contributed by atoms with Crippen LogP contribution in [0.3, 0.4) is 0 Å². The predicted molar refractivity (Wildman–Crippen MR) is 241 cm³/mol. The number of nitrogens with zero attached hydrogens (tertiary/aromatic N) is 5. The van der Waals surface area contributed by atoms with Crippen molar-refractivity contribution in [3.63, 3.8) is 0 Å². The lowest BCUT2D eigenvalue weighted by Crippen LogP contribution is -2.35. The molecule has 0 aliphatic carbocycles. The SMILES string of the molecule is C[C@@H](N[C@@H]1CCN(c2nccnc2C(F)(F)F)C1)c1cccc2ccccc12.C[C@@H](N[C@@H]1CCNC1)c1cccc2ccccc12.Cl.Cl.Cl.Cl.Clc1nccnc1Cl. The van der Waals surface area contributed by atoms with E-state index in [4.69, 9.17) is 23.2 Å². The summed E-state index contributed by atoms with van der Waals surface area (Å²) in [5, 5.41) is 16.3. The second kappa shape index (κ2) is 24.1. The number of nitrogens with one attached hydrogen (secondary N) is 3. The summed E-state index contributed by atoms with van der Waals surface area (Å²) in [6, 6.07) is 30.8. The van der Waals surface area contributed by atoms with Gasteiger partial charge in [0.05, 0.1) is 0 Å². The maximum atomic E-state index is 13.2. The molecule has 0 bridgehead atoms. The second-order valence-electron chi connectivity index (χ2n) is 13.4. The van der Waals surface area contributed by atoms with E-state index in [0.717, 1.165) is 25.7 Å². The number of hydrogen-bond donors (Lipinski definition) is 3. The summed E-state index contributed by atoms with van der Waals surface area (Å²) < 4.78 is 39.7. The molecule has 2 aliphatic heterocycles. The maximum Gasteiger partial charge on any atom is 0.437 e. The van der Waals surface area contributed by atoms with Gasteiger partial charge in [0.2, 0.25) is 0 Å². The van der Waals surface area contributed by atoms with Crippen LogP contribution in [-0.2, 0) is 6.18 Å². The van der Waals surface area contributed by atoms with Crippen molar-refractivity contribution in [3.8, 4) is 0 Å². The molecule has 3 N–H and O–H groups in total. The lowest BCUT2D eigenvalue weighted by Gasteiger charge is -2.23. The zero-order valence-corrected chi connectivity index (χ0v) is 36.5. The van der Waals surface area contributed by atoms with E-state index < -0.39 is 11.9 Å². The Labute approximate surface area is 372 Å². The molecule has 6 aromatic rings. The zero-order chi connectivity index (χ0) is 38.1. The molecule has 0 unspecified atom stereocenters. The van der Waals surface area contributed by atoms with E-state index in [1.165, 1.54) is 57.7 Å². The van der Waals surface area contributed by atoms with Crippen molar-refractivity contribution in [2.24, 2.45) is 0 Å². The maximum absolute atomic E-state index is 13.2. The first kappa shape index (κ1) is 50.9. The Morgan fingerprint density at radius 1 is 0.655 bits per heavy atom. The van der Waals surface area contributed by atoms with Crippen LogP contribution in [0.5, 0.6) is 0 Å². The minimum absolute atomic E-state index is 0. The summed E-state index contributed by atoms with van der Waals surface area (Å²) in [7, 11) is 0. The average Bonchev–Trinajstić information content (AvgIpc) is 3.88. The van der Waals surface area contributed by atoms with Gasteiger partial charge in [-0.15, -0.1) is 49.6 Å². The Balaban J connectivity index is 0.000000333. The van der Waals surface area contributed by atoms with Gasteiger partial charge in [-0.3, -0.25) is 0 Å². The normalized spacial score (nSPS) is 16.8. The first-order valence-electron chi connectivity index (χ1n) is 18.0. The molecule has 2 aromatic heterocycles. The number of benzene rings is 4. The quantitative estimate of drug-likeness (QED) is 0.146. The summed E-state index contributed by atoms with van der Waals surface area (Å²) in [6.45, 7) is 7.57. The minimum atomic E-state index is -4.51. The highest BCUT2D eigenvalue weighted by molar-refractivity contribution is 6.40. The molecule has 4 heterocycles. The molecular weight excluding hydrogens is 874 g/mol. The molecule has 0 radical (unpaired) electrons. The van der Waals surface area contributed by atoms with Gasteiger partial charge in [0, 0.05) is 68.6 Å². The topological polar surface area (TPSA) is 90.9 Å². The van der Waals surface area contributed by atoms with E-state index in [1.54, 1.807) is 4.90 Å². The smallest absolute Gasteiger partial charge is 0.353 e. The van der Waals surface area contributed by atoms with Crippen LogP contribution in [-0.4, -0.2) is 58.2 Å². The third kappa shape index (κ3) is 13.4. The Kier molecular flexibility index (Phi) is 21.2. The molecule has 4 aromatic carbocycles. The molecule has 17 heteroatoms. The highest BCUT2D eigenvalue weighted by Gasteiger charge is 2.39. The van der Waals surface area contributed by atoms with E-state index in [1.807, 2.05) is 18.2 Å². The number of anilines is 1. The van der Waals surface area contributed by atoms with Crippen molar-refractivity contribution in [1.29, 1.82) is 0 Å². The molecule has 4 atom stereocenters. The van der Waals surface area contributed by atoms with Gasteiger partial charge < -0.3 is 20.9 Å². The Bertz CT molecular complexity index is 2110. The van der Waals surface area contributed by atoms with E-state index in [-0.39, 0.29) is 77.8 Å². The van der Waals surface area contributed by atoms with Crippen LogP contribution >= 0.6 is 72.8 Å². The van der Waals surface area contributed by atoms with Crippen molar-refractivity contribution in [2.45, 2.75) is 57.0 Å². The molecule has 0 amide bonds. The molecule has 8 rings (SSSR count). The van der Waals surface area contributed by atoms with Gasteiger partial charge in [-0.25, -0.2) is 19.9 Å². The van der Waals surface area contributed by atoms with Crippen molar-refractivity contribution >= 4 is 100 Å². The number of rotatable bonds is 7. The molecule has 58 heavy (non-hydrogen) atoms. The first-order chi connectivity index (χ1) is 26.1. The molecule has 2 aliphatic rings. The van der Waals surface area contributed by atoms with E-state index in [2.05, 4.69) is 116 Å². The van der Waals surface area contributed by atoms with Gasteiger partial charge in [-0.05, 0) is 65.9 Å². The molecule has 0 spiro atoms. The van der Waals surface area contributed by atoms with Crippen molar-refractivity contribution < 1.29 is 13.2 Å². The third-order valence-corrected chi connectivity index (χ3v) is 10.3. The highest BCUT2D eigenvalue weighted by atomic mass is 35.5. The van der Waals surface area contributed by atoms with Gasteiger partial charge in [0.1, 0.15) is 0 Å². The number of alkyl halides is 3. The number of aromatic nitrogens is 4. The fourth-order valence-corrected chi connectivity index (χ4v) is 7.30. The monoisotopic (exact) mass is 918 g/mol. The largest absolute Gasteiger partial charge is 0.437 e. The third-order valence-electron chi connectivity index (χ3n) is 9.66. The van der Waals surface area contributed by atoms with E-state index >= 15 is 0 Å². The van der Waals surface area contributed by atoms with Gasteiger partial charge in [-0.1, -0.05) is 108 Å². The highest BCUT2D eigenvalue weighted by Crippen LogP contribution is 2.35. The Hall–Kier alpha value is -3.23. The van der Waals surface area contributed by atoms with Crippen molar-refractivity contribution in [1.82, 2.24) is 35.9 Å². The van der Waals surface area contributed by atoms with Gasteiger partial charge >= 0.3 is 6.18 Å². The van der Waals surface area contributed by atoms with Crippen LogP contribution in [0.2, 0.25) is 10.3 Å². The Morgan fingerprint density at radius 2 is 1.14 bits per heavy atom. The average molecular weight is 922 g/mol. The van der Waals surface area contributed by atoms with E-state index in [0.29, 0.717) is 25.2 Å². The molecule has 8 nitrogen and oxygen atoms in total. The molecular formula is C41H47Cl6F3N8. The minimum Gasteiger partial charge on any atom is -0.353 e. The fraction of sp³-hybridized carbons (Fsp3) is 0.317. The number of fused-ring (bicyclic) bond motifs is 2. The summed E-state index contributed by atoms with van der Waals surface area (Å²) in [4.78, 5) is 16.4. The summed E-state index contributed by atoms with van der Waals surface area (Å²) in [5.74, 6) is -0.0860. The lowest BCUT2D eigenvalue weighted by atomic mass is 9.99. The fourth-order valence-electron chi connectivity index (χ4n) is 7.09. The standard InChI is InChI=1S/C21H21F3N4.C16H20N2.C4H2Cl2N2.4ClH/c1-14(17-8-4-6-15-5-2-3-7-18(15)17)27-16-9-12-28(13-16)20-19(21(22,23)24)25-10-11-26-20;1-12(18-14-9-10-17-11-14)15-8-4-6-13-5-2-3-7-16(13)15;5-3-4(6)8-2-1-7-3;;;;/h2-8,10-11,14,16,27H,9,12-13H2,1H3;2-8,12,14,17-18H,9-11H2,1H3;1-2H;4*1H/t14-,16-;12-,14-;;;;;/m11...../s1. The predicted octanol–water partition coefficient (Wildman–Crippen LogP) is 10.9. The van der Waals surface area contributed by atoms with Crippen LogP contribution in [0, 0.1) is 0 Å². The summed E-state index contributed by atoms with van der Waals surface area (Å²) in [5.41, 5.74) is 1.67. The van der Waals surface area contributed by atoms with Crippen LogP contribution in [0.15, 0.2) is 110 Å². The number of halogens is 9. The van der Waals surface area contributed by atoms with Gasteiger partial charge in [-0.2, -0.15) is 13.2 Å². The lowest BCUT2D eigenvalue weighted by molar-refractivity contribution is -0.140. The first-order valence-corrected chi connectivity index (χ1v) is 18.8. The second-order valence-corrected chi connectivity index (χ2v) is 14.1. The molecule has 2 saturated heterocycles. The Morgan fingerprint density at radius 3 is 1.64 bits per heavy atom. The van der Waals surface area contributed by atoms with Crippen LogP contribution < -0.4 is 20.9 Å². The molecule has 0 saturated carbocycles. The van der Waals surface area contributed by atoms with Crippen LogP contribution in [0.1, 0.15) is 55.6 Å². The van der Waals surface area contributed by atoms with Crippen molar-refractivity contribution in [3.05, 3.63) is 137 Å². The summed E-state index contributed by atoms with van der Waals surface area (Å²) >= 11 is 10.8. The summed E-state index contributed by atoms with van der Waals surface area (Å²) in [6.07, 6.45) is 2.83. The van der Waals surface area contributed by atoms with Crippen molar-refractivity contribution in [2.75, 3.05) is 31.1 Å².